The van der Waals surface area contributed by atoms with Crippen LogP contribution in [-0.4, -0.2) is 31.2 Å². The molecule has 0 aromatic rings. The molecule has 1 aliphatic rings. The lowest BCUT2D eigenvalue weighted by atomic mass is 10.1. The Hall–Kier alpha value is 0.390. The van der Waals surface area contributed by atoms with E-state index in [1.54, 1.807) is 0 Å². The Kier molecular flexibility index (Phi) is 9.79. The van der Waals surface area contributed by atoms with Gasteiger partial charge in [-0.05, 0) is 38.9 Å². The second-order valence-electron chi connectivity index (χ2n) is 3.26. The third kappa shape index (κ3) is 5.97. The largest absolute Gasteiger partial charge is 0.303 e. The van der Waals surface area contributed by atoms with Crippen molar-refractivity contribution in [3.8, 4) is 0 Å². The maximum atomic E-state index is 2.60. The van der Waals surface area contributed by atoms with Crippen molar-refractivity contribution in [3.63, 3.8) is 0 Å². The number of likely N-dealkylation sites (tertiary alicyclic amines) is 1. The van der Waals surface area contributed by atoms with Crippen LogP contribution in [0.2, 0.25) is 0 Å². The van der Waals surface area contributed by atoms with Crippen LogP contribution in [0.4, 0.5) is 0 Å². The van der Waals surface area contributed by atoms with Gasteiger partial charge in [0.1, 0.15) is 0 Å². The van der Waals surface area contributed by atoms with Crippen LogP contribution in [0.25, 0.3) is 0 Å². The molecular weight excluding hydrogens is 165 g/mol. The van der Waals surface area contributed by atoms with E-state index in [1.807, 2.05) is 6.66 Å². The molecule has 0 spiro atoms. The fourth-order valence-corrected chi connectivity index (χ4v) is 1.56. The molecule has 0 aromatic heterocycles. The van der Waals surface area contributed by atoms with E-state index in [4.69, 9.17) is 0 Å². The van der Waals surface area contributed by atoms with Gasteiger partial charge in [0.05, 0.1) is 0 Å². The molecular formula is C10H24NP. The highest BCUT2D eigenvalue weighted by atomic mass is 31.0. The first-order chi connectivity index (χ1) is 5.93. The Morgan fingerprint density at radius 1 is 1.08 bits per heavy atom. The quantitative estimate of drug-likeness (QED) is 0.617. The topological polar surface area (TPSA) is 3.24 Å². The minimum Gasteiger partial charge on any atom is -0.303 e. The fraction of sp³-hybridized carbons (Fsp3) is 1.00. The molecule has 1 rings (SSSR count). The average molecular weight is 189 g/mol. The first kappa shape index (κ1) is 12.4. The minimum absolute atomic E-state index is 1.34. The maximum Gasteiger partial charge on any atom is -0.00187 e. The monoisotopic (exact) mass is 189 g/mol. The maximum absolute atomic E-state index is 2.60. The van der Waals surface area contributed by atoms with Gasteiger partial charge in [-0.15, -0.1) is 9.24 Å². The van der Waals surface area contributed by atoms with E-state index in [-0.39, 0.29) is 0 Å². The molecule has 0 amide bonds. The van der Waals surface area contributed by atoms with E-state index in [1.165, 1.54) is 51.7 Å². The third-order valence-electron chi connectivity index (χ3n) is 2.28. The van der Waals surface area contributed by atoms with Crippen LogP contribution in [0.15, 0.2) is 0 Å². The molecule has 0 bridgehead atoms. The second-order valence-corrected chi connectivity index (χ2v) is 3.26. The van der Waals surface area contributed by atoms with E-state index in [0.29, 0.717) is 0 Å². The molecule has 74 valence electrons. The predicted octanol–water partition coefficient (Wildman–Crippen LogP) is 2.76. The van der Waals surface area contributed by atoms with Crippen LogP contribution in [-0.2, 0) is 0 Å². The fourth-order valence-electron chi connectivity index (χ4n) is 1.56. The molecule has 0 aliphatic carbocycles. The minimum atomic E-state index is 1.34. The zero-order valence-electron chi connectivity index (χ0n) is 8.68. The summed E-state index contributed by atoms with van der Waals surface area (Å²) >= 11 is 0. The lowest BCUT2D eigenvalue weighted by molar-refractivity contribution is 0.226. The van der Waals surface area contributed by atoms with Crippen molar-refractivity contribution in [1.82, 2.24) is 4.90 Å². The summed E-state index contributed by atoms with van der Waals surface area (Å²) in [5.74, 6) is 0. The summed E-state index contributed by atoms with van der Waals surface area (Å²) < 4.78 is 0. The summed E-state index contributed by atoms with van der Waals surface area (Å²) in [5, 5.41) is 0. The molecule has 1 unspecified atom stereocenters. The number of nitrogens with zero attached hydrogens (tertiary/aromatic N) is 1. The van der Waals surface area contributed by atoms with E-state index >= 15 is 0 Å². The normalized spacial score (nSPS) is 18.2. The summed E-state index contributed by atoms with van der Waals surface area (Å²) in [6.45, 7) is 8.25. The van der Waals surface area contributed by atoms with Crippen LogP contribution in [0.3, 0.4) is 0 Å². The summed E-state index contributed by atoms with van der Waals surface area (Å²) in [5.41, 5.74) is 0. The van der Waals surface area contributed by atoms with Gasteiger partial charge in [0.25, 0.3) is 0 Å². The first-order valence-corrected chi connectivity index (χ1v) is 6.39. The molecule has 0 aromatic carbocycles. The Morgan fingerprint density at radius 2 is 1.67 bits per heavy atom. The molecule has 2 heteroatoms. The van der Waals surface area contributed by atoms with Gasteiger partial charge in [0, 0.05) is 0 Å². The van der Waals surface area contributed by atoms with Crippen LogP contribution in [0.1, 0.15) is 39.0 Å². The van der Waals surface area contributed by atoms with E-state index < -0.39 is 0 Å². The molecule has 1 atom stereocenters. The molecule has 1 saturated heterocycles. The van der Waals surface area contributed by atoms with Crippen molar-refractivity contribution in [2.45, 2.75) is 39.0 Å². The summed E-state index contributed by atoms with van der Waals surface area (Å²) in [6.07, 6.45) is 7.06. The van der Waals surface area contributed by atoms with E-state index in [9.17, 15) is 0 Å². The first-order valence-electron chi connectivity index (χ1n) is 5.23. The summed E-state index contributed by atoms with van der Waals surface area (Å²) in [6, 6.07) is 0. The van der Waals surface area contributed by atoms with Gasteiger partial charge in [0.2, 0.25) is 0 Å². The van der Waals surface area contributed by atoms with Crippen molar-refractivity contribution in [1.29, 1.82) is 0 Å². The van der Waals surface area contributed by atoms with Gasteiger partial charge in [-0.2, -0.15) is 0 Å². The number of hydrogen-bond donors (Lipinski definition) is 0. The van der Waals surface area contributed by atoms with Crippen molar-refractivity contribution in [2.24, 2.45) is 0 Å². The Morgan fingerprint density at radius 3 is 2.17 bits per heavy atom. The van der Waals surface area contributed by atoms with E-state index in [0.717, 1.165) is 0 Å². The molecule has 1 heterocycles. The van der Waals surface area contributed by atoms with Gasteiger partial charge < -0.3 is 4.90 Å². The van der Waals surface area contributed by atoms with Gasteiger partial charge in [-0.25, -0.2) is 0 Å². The SMILES string of the molecule is CCCCN1CCCCC1.CP. The lowest BCUT2D eigenvalue weighted by Gasteiger charge is -2.25. The molecule has 12 heavy (non-hydrogen) atoms. The van der Waals surface area contributed by atoms with Gasteiger partial charge in [-0.1, -0.05) is 26.4 Å². The number of rotatable bonds is 3. The molecule has 1 nitrogen and oxygen atoms in total. The smallest absolute Gasteiger partial charge is 0.00187 e. The summed E-state index contributed by atoms with van der Waals surface area (Å²) in [4.78, 5) is 2.60. The molecule has 0 radical (unpaired) electrons. The van der Waals surface area contributed by atoms with Crippen molar-refractivity contribution >= 4 is 9.24 Å². The van der Waals surface area contributed by atoms with Crippen molar-refractivity contribution in [2.75, 3.05) is 26.3 Å². The Labute approximate surface area is 80.1 Å². The highest BCUT2D eigenvalue weighted by Crippen LogP contribution is 2.08. The van der Waals surface area contributed by atoms with Crippen LogP contribution >= 0.6 is 9.24 Å². The summed E-state index contributed by atoms with van der Waals surface area (Å²) in [7, 11) is 2.42. The van der Waals surface area contributed by atoms with E-state index in [2.05, 4.69) is 21.1 Å². The molecule has 0 N–H and O–H groups in total. The zero-order valence-corrected chi connectivity index (χ0v) is 9.84. The third-order valence-corrected chi connectivity index (χ3v) is 2.28. The number of unbranched alkanes of at least 4 members (excludes halogenated alkanes) is 1. The van der Waals surface area contributed by atoms with Gasteiger partial charge >= 0.3 is 0 Å². The highest BCUT2D eigenvalue weighted by molar-refractivity contribution is 7.15. The predicted molar refractivity (Wildman–Crippen MR) is 60.8 cm³/mol. The standard InChI is InChI=1S/C9H19N.CH5P/c1-2-3-7-10-8-5-4-6-9-10;1-2/h2-9H2,1H3;2H2,1H3. The van der Waals surface area contributed by atoms with Gasteiger partial charge in [0.15, 0.2) is 0 Å². The van der Waals surface area contributed by atoms with Crippen molar-refractivity contribution in [3.05, 3.63) is 0 Å². The zero-order chi connectivity index (χ0) is 9.23. The molecule has 1 aliphatic heterocycles. The Balaban J connectivity index is 0.000000561. The second kappa shape index (κ2) is 9.48. The van der Waals surface area contributed by atoms with Crippen LogP contribution in [0, 0.1) is 0 Å². The van der Waals surface area contributed by atoms with Crippen LogP contribution < -0.4 is 0 Å². The Bertz CT molecular complexity index is 79.9. The van der Waals surface area contributed by atoms with Gasteiger partial charge in [-0.3, -0.25) is 0 Å². The molecule has 0 saturated carbocycles. The average Bonchev–Trinajstić information content (AvgIpc) is 2.19. The molecule has 1 fully saturated rings. The number of hydrogen-bond acceptors (Lipinski definition) is 1. The van der Waals surface area contributed by atoms with Crippen LogP contribution in [0.5, 0.6) is 0 Å². The van der Waals surface area contributed by atoms with Crippen molar-refractivity contribution < 1.29 is 0 Å². The highest BCUT2D eigenvalue weighted by Gasteiger charge is 2.07. The lowest BCUT2D eigenvalue weighted by Crippen LogP contribution is -2.30. The number of piperidine rings is 1.